The Hall–Kier alpha value is -1.19. The number of nitrogens with zero attached hydrogens (tertiary/aromatic N) is 2. The lowest BCUT2D eigenvalue weighted by molar-refractivity contribution is -0.134. The van der Waals surface area contributed by atoms with Crippen molar-refractivity contribution in [3.63, 3.8) is 0 Å². The number of rotatable bonds is 5. The van der Waals surface area contributed by atoms with E-state index in [1.165, 1.54) is 11.3 Å². The van der Waals surface area contributed by atoms with Crippen LogP contribution in [0.3, 0.4) is 0 Å². The molecule has 1 amide bonds. The molecular formula is C10H13N3O4S2. The van der Waals surface area contributed by atoms with E-state index in [9.17, 15) is 9.59 Å². The first-order chi connectivity index (χ1) is 9.15. The van der Waals surface area contributed by atoms with Crippen LogP contribution in [0.25, 0.3) is 0 Å². The van der Waals surface area contributed by atoms with Crippen LogP contribution in [-0.2, 0) is 14.3 Å². The number of carboxylic acid groups (broad SMARTS) is 1. The number of thioether (sulfide) groups is 1. The van der Waals surface area contributed by atoms with Gasteiger partial charge in [-0.15, -0.1) is 10.2 Å². The molecule has 0 aromatic carbocycles. The molecule has 2 heterocycles. The van der Waals surface area contributed by atoms with E-state index in [-0.39, 0.29) is 17.6 Å². The van der Waals surface area contributed by atoms with E-state index in [0.717, 1.165) is 24.6 Å². The lowest BCUT2D eigenvalue weighted by Crippen LogP contribution is -2.30. The Kier molecular flexibility index (Phi) is 5.11. The van der Waals surface area contributed by atoms with Crippen LogP contribution in [0.4, 0.5) is 5.13 Å². The zero-order valence-electron chi connectivity index (χ0n) is 10.00. The molecule has 0 saturated carbocycles. The Balaban J connectivity index is 1.84. The molecule has 0 radical (unpaired) electrons. The normalized spacial score (nSPS) is 19.1. The summed E-state index contributed by atoms with van der Waals surface area (Å²) in [6.07, 6.45) is 1.69. The maximum atomic E-state index is 11.9. The van der Waals surface area contributed by atoms with E-state index in [1.807, 2.05) is 0 Å². The number of carbonyl (C=O) groups excluding carboxylic acids is 1. The third-order valence-corrected chi connectivity index (χ3v) is 4.44. The Morgan fingerprint density at radius 1 is 1.53 bits per heavy atom. The van der Waals surface area contributed by atoms with E-state index in [1.54, 1.807) is 0 Å². The number of carbonyl (C=O) groups is 2. The predicted molar refractivity (Wildman–Crippen MR) is 70.4 cm³/mol. The van der Waals surface area contributed by atoms with Crippen molar-refractivity contribution in [1.29, 1.82) is 0 Å². The molecule has 2 rings (SSSR count). The second kappa shape index (κ2) is 6.83. The van der Waals surface area contributed by atoms with Crippen LogP contribution in [0, 0.1) is 5.92 Å². The number of nitrogens with one attached hydrogen (secondary N) is 1. The highest BCUT2D eigenvalue weighted by molar-refractivity contribution is 8.01. The molecule has 0 spiro atoms. The van der Waals surface area contributed by atoms with Gasteiger partial charge < -0.3 is 15.2 Å². The Labute approximate surface area is 117 Å². The Bertz CT molecular complexity index is 459. The molecule has 2 N–H and O–H groups in total. The van der Waals surface area contributed by atoms with Crippen LogP contribution in [0.1, 0.15) is 12.8 Å². The third kappa shape index (κ3) is 4.44. The average Bonchev–Trinajstić information content (AvgIpc) is 2.85. The number of anilines is 1. The SMILES string of the molecule is O=C(O)CSc1nnc(NC(=O)C2CCCOC2)s1. The van der Waals surface area contributed by atoms with Gasteiger partial charge in [0.15, 0.2) is 4.34 Å². The molecule has 1 aromatic heterocycles. The molecule has 1 saturated heterocycles. The summed E-state index contributed by atoms with van der Waals surface area (Å²) in [6, 6.07) is 0. The fraction of sp³-hybridized carbons (Fsp3) is 0.600. The highest BCUT2D eigenvalue weighted by Crippen LogP contribution is 2.26. The number of aliphatic carboxylic acids is 1. The van der Waals surface area contributed by atoms with Gasteiger partial charge in [0, 0.05) is 6.61 Å². The monoisotopic (exact) mass is 303 g/mol. The molecule has 104 valence electrons. The number of hydrogen-bond acceptors (Lipinski definition) is 7. The number of aromatic nitrogens is 2. The van der Waals surface area contributed by atoms with Crippen molar-refractivity contribution < 1.29 is 19.4 Å². The summed E-state index contributed by atoms with van der Waals surface area (Å²) in [6.45, 7) is 1.14. The minimum atomic E-state index is -0.912. The molecule has 0 bridgehead atoms. The lowest BCUT2D eigenvalue weighted by atomic mass is 10.0. The predicted octanol–water partition coefficient (Wildman–Crippen LogP) is 1.08. The van der Waals surface area contributed by atoms with Gasteiger partial charge in [-0.2, -0.15) is 0 Å². The fourth-order valence-corrected chi connectivity index (χ4v) is 3.07. The number of ether oxygens (including phenoxy) is 1. The molecule has 1 atom stereocenters. The maximum absolute atomic E-state index is 11.9. The molecule has 7 nitrogen and oxygen atoms in total. The number of carboxylic acids is 1. The van der Waals surface area contributed by atoms with Crippen LogP contribution in [0.2, 0.25) is 0 Å². The molecule has 1 fully saturated rings. The van der Waals surface area contributed by atoms with E-state index >= 15 is 0 Å². The summed E-state index contributed by atoms with van der Waals surface area (Å²) < 4.78 is 5.77. The van der Waals surface area contributed by atoms with Crippen molar-refractivity contribution in [1.82, 2.24) is 10.2 Å². The van der Waals surface area contributed by atoms with Gasteiger partial charge in [0.05, 0.1) is 18.3 Å². The van der Waals surface area contributed by atoms with Gasteiger partial charge in [0.1, 0.15) is 0 Å². The van der Waals surface area contributed by atoms with Crippen LogP contribution in [0.15, 0.2) is 4.34 Å². The van der Waals surface area contributed by atoms with Gasteiger partial charge in [-0.1, -0.05) is 23.1 Å². The van der Waals surface area contributed by atoms with Gasteiger partial charge in [0.25, 0.3) is 0 Å². The summed E-state index contributed by atoms with van der Waals surface area (Å²) in [5.41, 5.74) is 0. The van der Waals surface area contributed by atoms with Gasteiger partial charge >= 0.3 is 5.97 Å². The highest BCUT2D eigenvalue weighted by Gasteiger charge is 2.22. The fourth-order valence-electron chi connectivity index (χ4n) is 1.60. The van der Waals surface area contributed by atoms with Gasteiger partial charge in [0.2, 0.25) is 11.0 Å². The third-order valence-electron chi connectivity index (χ3n) is 2.49. The standard InChI is InChI=1S/C10H13N3O4S2/c14-7(15)5-18-10-13-12-9(19-10)11-8(16)6-2-1-3-17-4-6/h6H,1-5H2,(H,14,15)(H,11,12,16). The Morgan fingerprint density at radius 2 is 2.37 bits per heavy atom. The molecule has 0 aliphatic carbocycles. The molecule has 19 heavy (non-hydrogen) atoms. The zero-order valence-corrected chi connectivity index (χ0v) is 11.6. The van der Waals surface area contributed by atoms with Crippen LogP contribution in [-0.4, -0.2) is 46.1 Å². The minimum Gasteiger partial charge on any atom is -0.481 e. The molecular weight excluding hydrogens is 290 g/mol. The van der Waals surface area contributed by atoms with Crippen LogP contribution >= 0.6 is 23.1 Å². The second-order valence-corrected chi connectivity index (χ2v) is 6.16. The van der Waals surface area contributed by atoms with Crippen molar-refractivity contribution in [3.8, 4) is 0 Å². The van der Waals surface area contributed by atoms with E-state index in [0.29, 0.717) is 22.7 Å². The van der Waals surface area contributed by atoms with Crippen molar-refractivity contribution in [2.75, 3.05) is 24.3 Å². The average molecular weight is 303 g/mol. The van der Waals surface area contributed by atoms with Crippen molar-refractivity contribution in [2.45, 2.75) is 17.2 Å². The smallest absolute Gasteiger partial charge is 0.313 e. The summed E-state index contributed by atoms with van der Waals surface area (Å²) in [4.78, 5) is 22.3. The first kappa shape index (κ1) is 14.2. The molecule has 1 unspecified atom stereocenters. The van der Waals surface area contributed by atoms with E-state index in [2.05, 4.69) is 15.5 Å². The van der Waals surface area contributed by atoms with Crippen molar-refractivity contribution in [2.24, 2.45) is 5.92 Å². The van der Waals surface area contributed by atoms with Gasteiger partial charge in [-0.25, -0.2) is 0 Å². The first-order valence-corrected chi connectivity index (χ1v) is 7.52. The van der Waals surface area contributed by atoms with Crippen LogP contribution < -0.4 is 5.32 Å². The number of hydrogen-bond donors (Lipinski definition) is 2. The van der Waals surface area contributed by atoms with Crippen molar-refractivity contribution >= 4 is 40.1 Å². The summed E-state index contributed by atoms with van der Waals surface area (Å²) in [5.74, 6) is -1.25. The summed E-state index contributed by atoms with van der Waals surface area (Å²) in [7, 11) is 0. The second-order valence-electron chi connectivity index (χ2n) is 3.96. The highest BCUT2D eigenvalue weighted by atomic mass is 32.2. The quantitative estimate of drug-likeness (QED) is 0.620. The molecule has 1 aromatic rings. The van der Waals surface area contributed by atoms with Crippen molar-refractivity contribution in [3.05, 3.63) is 0 Å². The molecule has 1 aliphatic rings. The molecule has 9 heteroatoms. The van der Waals surface area contributed by atoms with Gasteiger partial charge in [-0.05, 0) is 12.8 Å². The minimum absolute atomic E-state index is 0.0704. The van der Waals surface area contributed by atoms with E-state index < -0.39 is 5.97 Å². The lowest BCUT2D eigenvalue weighted by Gasteiger charge is -2.20. The number of amides is 1. The summed E-state index contributed by atoms with van der Waals surface area (Å²) in [5, 5.41) is 19.2. The first-order valence-electron chi connectivity index (χ1n) is 5.72. The summed E-state index contributed by atoms with van der Waals surface area (Å²) >= 11 is 2.25. The topological polar surface area (TPSA) is 101 Å². The maximum Gasteiger partial charge on any atom is 0.313 e. The van der Waals surface area contributed by atoms with Gasteiger partial charge in [-0.3, -0.25) is 9.59 Å². The van der Waals surface area contributed by atoms with Crippen LogP contribution in [0.5, 0.6) is 0 Å². The molecule has 1 aliphatic heterocycles. The Morgan fingerprint density at radius 3 is 3.05 bits per heavy atom. The van der Waals surface area contributed by atoms with E-state index in [4.69, 9.17) is 9.84 Å². The largest absolute Gasteiger partial charge is 0.481 e. The zero-order chi connectivity index (χ0) is 13.7.